The summed E-state index contributed by atoms with van der Waals surface area (Å²) in [6.45, 7) is 7.41. The number of H-pyrrole nitrogens is 1. The first-order chi connectivity index (χ1) is 13.6. The van der Waals surface area contributed by atoms with E-state index >= 15 is 0 Å². The van der Waals surface area contributed by atoms with Crippen molar-refractivity contribution in [3.05, 3.63) is 56.3 Å². The second-order valence-corrected chi connectivity index (χ2v) is 7.82. The Hall–Kier alpha value is -2.49. The first-order valence-corrected chi connectivity index (χ1v) is 10.3. The van der Waals surface area contributed by atoms with Gasteiger partial charge in [0.2, 0.25) is 0 Å². The third-order valence-corrected chi connectivity index (χ3v) is 5.72. The molecule has 0 saturated carbocycles. The van der Waals surface area contributed by atoms with Crippen LogP contribution in [0.3, 0.4) is 0 Å². The van der Waals surface area contributed by atoms with Gasteiger partial charge in [-0.15, -0.1) is 11.3 Å². The fourth-order valence-electron chi connectivity index (χ4n) is 3.43. The molecule has 0 bridgehead atoms. The number of rotatable bonds is 6. The van der Waals surface area contributed by atoms with E-state index < -0.39 is 5.97 Å². The molecule has 0 unspecified atom stereocenters. The average Bonchev–Trinajstić information content (AvgIpc) is 3.33. The summed E-state index contributed by atoms with van der Waals surface area (Å²) < 4.78 is 6.32. The van der Waals surface area contributed by atoms with Crippen molar-refractivity contribution >= 4 is 23.0 Å². The highest BCUT2D eigenvalue weighted by Crippen LogP contribution is 2.15. The van der Waals surface area contributed by atoms with Crippen LogP contribution in [0.15, 0.2) is 34.6 Å². The Kier molecular flexibility index (Phi) is 5.56. The normalized spacial score (nSPS) is 15.9. The van der Waals surface area contributed by atoms with Crippen LogP contribution < -0.4 is 5.56 Å². The second-order valence-electron chi connectivity index (χ2n) is 6.78. The summed E-state index contributed by atoms with van der Waals surface area (Å²) in [5.74, 6) is -0.479. The fourth-order valence-corrected chi connectivity index (χ4v) is 4.17. The molecule has 0 spiro atoms. The molecule has 0 atom stereocenters. The van der Waals surface area contributed by atoms with Crippen molar-refractivity contribution in [3.8, 4) is 0 Å². The van der Waals surface area contributed by atoms with E-state index in [1.54, 1.807) is 18.3 Å². The maximum atomic E-state index is 12.4. The molecule has 1 aliphatic heterocycles. The standard InChI is InChI=1S/C19H23N5O3S/c1-2-27-19(26)16-11-20-24-17(25)10-14(21-18(16)24)12-22-5-7-23(8-6-22)13-15-4-3-9-28-15/h3-4,9-11,20H,2,5-8,12-13H2,1H3. The van der Waals surface area contributed by atoms with Crippen LogP contribution in [-0.4, -0.2) is 63.2 Å². The lowest BCUT2D eigenvalue weighted by Crippen LogP contribution is -2.45. The van der Waals surface area contributed by atoms with Crippen LogP contribution >= 0.6 is 11.3 Å². The van der Waals surface area contributed by atoms with Gasteiger partial charge in [-0.05, 0) is 18.4 Å². The quantitative estimate of drug-likeness (QED) is 0.632. The average molecular weight is 401 g/mol. The summed E-state index contributed by atoms with van der Waals surface area (Å²) in [6, 6.07) is 5.78. The van der Waals surface area contributed by atoms with Crippen LogP contribution in [0.4, 0.5) is 0 Å². The molecular formula is C19H23N5O3S. The van der Waals surface area contributed by atoms with E-state index in [0.29, 0.717) is 17.9 Å². The Morgan fingerprint density at radius 2 is 2.00 bits per heavy atom. The number of aromatic amines is 1. The van der Waals surface area contributed by atoms with Crippen LogP contribution in [0.2, 0.25) is 0 Å². The summed E-state index contributed by atoms with van der Waals surface area (Å²) in [5.41, 5.74) is 1.03. The van der Waals surface area contributed by atoms with Crippen molar-refractivity contribution in [3.63, 3.8) is 0 Å². The Bertz CT molecular complexity index is 1000. The Morgan fingerprint density at radius 3 is 2.68 bits per heavy atom. The molecule has 1 saturated heterocycles. The number of nitrogens with one attached hydrogen (secondary N) is 1. The molecule has 1 N–H and O–H groups in total. The van der Waals surface area contributed by atoms with Crippen molar-refractivity contribution in [2.24, 2.45) is 0 Å². The van der Waals surface area contributed by atoms with Crippen LogP contribution in [-0.2, 0) is 17.8 Å². The molecule has 3 aromatic heterocycles. The van der Waals surface area contributed by atoms with Crippen molar-refractivity contribution in [1.29, 1.82) is 0 Å². The van der Waals surface area contributed by atoms with Gasteiger partial charge in [0.05, 0.1) is 12.3 Å². The fraction of sp³-hybridized carbons (Fsp3) is 0.421. The third-order valence-electron chi connectivity index (χ3n) is 4.86. The molecule has 1 fully saturated rings. The highest BCUT2D eigenvalue weighted by molar-refractivity contribution is 7.09. The number of carbonyl (C=O) groups excluding carboxylic acids is 1. The van der Waals surface area contributed by atoms with Crippen molar-refractivity contribution in [1.82, 2.24) is 24.4 Å². The zero-order valence-electron chi connectivity index (χ0n) is 15.8. The van der Waals surface area contributed by atoms with Gasteiger partial charge in [0.1, 0.15) is 5.56 Å². The van der Waals surface area contributed by atoms with Crippen molar-refractivity contribution < 1.29 is 9.53 Å². The molecule has 4 rings (SSSR count). The molecule has 3 aromatic rings. The summed E-state index contributed by atoms with van der Waals surface area (Å²) in [4.78, 5) is 35.1. The number of piperazine rings is 1. The molecular weight excluding hydrogens is 378 g/mol. The van der Waals surface area contributed by atoms with Gasteiger partial charge in [-0.2, -0.15) is 0 Å². The largest absolute Gasteiger partial charge is 0.462 e. The number of carbonyl (C=O) groups is 1. The minimum absolute atomic E-state index is 0.230. The summed E-state index contributed by atoms with van der Waals surface area (Å²) in [7, 11) is 0. The highest BCUT2D eigenvalue weighted by atomic mass is 32.1. The predicted octanol–water partition coefficient (Wildman–Crippen LogP) is 1.58. The highest BCUT2D eigenvalue weighted by Gasteiger charge is 2.20. The molecule has 148 valence electrons. The van der Waals surface area contributed by atoms with E-state index in [1.807, 2.05) is 0 Å². The van der Waals surface area contributed by atoms with Crippen LogP contribution in [0.5, 0.6) is 0 Å². The molecule has 0 aliphatic carbocycles. The van der Waals surface area contributed by atoms with E-state index in [2.05, 4.69) is 37.4 Å². The Labute approximate surface area is 166 Å². The second kappa shape index (κ2) is 8.26. The molecule has 8 nitrogen and oxygen atoms in total. The van der Waals surface area contributed by atoms with Gasteiger partial charge in [0, 0.05) is 56.4 Å². The summed E-state index contributed by atoms with van der Waals surface area (Å²) in [5, 5.41) is 4.88. The molecule has 9 heteroatoms. The molecule has 0 aromatic carbocycles. The predicted molar refractivity (Wildman–Crippen MR) is 107 cm³/mol. The number of aromatic nitrogens is 3. The van der Waals surface area contributed by atoms with Gasteiger partial charge in [0.15, 0.2) is 5.65 Å². The minimum atomic E-state index is -0.479. The number of esters is 1. The SMILES string of the molecule is CCOC(=O)c1c[nH]n2c(=O)cc(CN3CCN(Cc4cccs4)CC3)nc12. The van der Waals surface area contributed by atoms with Gasteiger partial charge >= 0.3 is 5.97 Å². The number of fused-ring (bicyclic) bond motifs is 1. The van der Waals surface area contributed by atoms with E-state index in [-0.39, 0.29) is 17.7 Å². The summed E-state index contributed by atoms with van der Waals surface area (Å²) >= 11 is 1.79. The van der Waals surface area contributed by atoms with Gasteiger partial charge in [-0.1, -0.05) is 6.07 Å². The lowest BCUT2D eigenvalue weighted by atomic mass is 10.2. The zero-order valence-corrected chi connectivity index (χ0v) is 16.6. The van der Waals surface area contributed by atoms with Crippen molar-refractivity contribution in [2.45, 2.75) is 20.0 Å². The summed E-state index contributed by atoms with van der Waals surface area (Å²) in [6.07, 6.45) is 1.47. The van der Waals surface area contributed by atoms with Gasteiger partial charge in [-0.3, -0.25) is 19.7 Å². The van der Waals surface area contributed by atoms with Gasteiger partial charge in [-0.25, -0.2) is 14.3 Å². The first-order valence-electron chi connectivity index (χ1n) is 9.38. The van der Waals surface area contributed by atoms with Gasteiger partial charge < -0.3 is 4.74 Å². The van der Waals surface area contributed by atoms with E-state index in [1.165, 1.54) is 21.7 Å². The molecule has 0 amide bonds. The third kappa shape index (κ3) is 4.01. The topological polar surface area (TPSA) is 82.9 Å². The number of ether oxygens (including phenoxy) is 1. The van der Waals surface area contributed by atoms with Gasteiger partial charge in [0.25, 0.3) is 5.56 Å². The maximum absolute atomic E-state index is 12.4. The lowest BCUT2D eigenvalue weighted by molar-refractivity contribution is 0.0528. The molecule has 28 heavy (non-hydrogen) atoms. The molecule has 0 radical (unpaired) electrons. The Morgan fingerprint density at radius 1 is 1.25 bits per heavy atom. The van der Waals surface area contributed by atoms with E-state index in [9.17, 15) is 9.59 Å². The number of hydrogen-bond donors (Lipinski definition) is 1. The van der Waals surface area contributed by atoms with Crippen LogP contribution in [0.1, 0.15) is 27.9 Å². The van der Waals surface area contributed by atoms with Crippen molar-refractivity contribution in [2.75, 3.05) is 32.8 Å². The van der Waals surface area contributed by atoms with E-state index in [4.69, 9.17) is 4.74 Å². The monoisotopic (exact) mass is 401 g/mol. The van der Waals surface area contributed by atoms with E-state index in [0.717, 1.165) is 32.7 Å². The Balaban J connectivity index is 1.44. The number of thiophene rings is 1. The van der Waals surface area contributed by atoms with Crippen LogP contribution in [0, 0.1) is 0 Å². The molecule has 4 heterocycles. The minimum Gasteiger partial charge on any atom is -0.462 e. The number of nitrogens with zero attached hydrogens (tertiary/aromatic N) is 4. The number of hydrogen-bond acceptors (Lipinski definition) is 7. The van der Waals surface area contributed by atoms with Crippen LogP contribution in [0.25, 0.3) is 5.65 Å². The smallest absolute Gasteiger partial charge is 0.343 e. The first kappa shape index (κ1) is 18.9. The lowest BCUT2D eigenvalue weighted by Gasteiger charge is -2.34. The zero-order chi connectivity index (χ0) is 19.5. The maximum Gasteiger partial charge on any atom is 0.343 e. The molecule has 1 aliphatic rings.